The molecule has 5 heteroatoms. The van der Waals surface area contributed by atoms with E-state index < -0.39 is 0 Å². The van der Waals surface area contributed by atoms with Gasteiger partial charge in [-0.1, -0.05) is 12.1 Å². The summed E-state index contributed by atoms with van der Waals surface area (Å²) in [4.78, 5) is 12.7. The molecule has 1 aromatic carbocycles. The predicted molar refractivity (Wildman–Crippen MR) is 111 cm³/mol. The van der Waals surface area contributed by atoms with Gasteiger partial charge in [-0.25, -0.2) is 0 Å². The van der Waals surface area contributed by atoms with Crippen LogP contribution in [0.5, 0.6) is 0 Å². The van der Waals surface area contributed by atoms with Gasteiger partial charge >= 0.3 is 0 Å². The number of aromatic nitrogens is 1. The highest BCUT2D eigenvalue weighted by Gasteiger charge is 2.19. The number of amides is 1. The molecule has 5 nitrogen and oxygen atoms in total. The van der Waals surface area contributed by atoms with Gasteiger partial charge < -0.3 is 14.6 Å². The van der Waals surface area contributed by atoms with Crippen LogP contribution in [0.3, 0.4) is 0 Å². The van der Waals surface area contributed by atoms with Crippen molar-refractivity contribution in [3.63, 3.8) is 0 Å². The first-order chi connectivity index (χ1) is 13.4. The molecule has 0 bridgehead atoms. The largest absolute Gasteiger partial charge is 0.376 e. The van der Waals surface area contributed by atoms with Gasteiger partial charge in [-0.3, -0.25) is 4.79 Å². The summed E-state index contributed by atoms with van der Waals surface area (Å²) >= 11 is 0. The standard InChI is InChI=1S/C23H27N3O2/c1-15-7-5-9-22(17(15)3)25-23(27)20(13-24)12-19-11-16(2)26(18(19)4)14-21-8-6-10-28-21/h5,7,9,11-12,21H,6,8,10,14H2,1-4H3,(H,25,27)/b20-12+/t21-/m1/s1. The SMILES string of the molecule is Cc1cccc(NC(=O)/C(C#N)=C/c2cc(C)n(C[C@H]3CCCO3)c2C)c1C. The number of hydrogen-bond donors (Lipinski definition) is 1. The molecule has 1 saturated heterocycles. The first-order valence-corrected chi connectivity index (χ1v) is 9.68. The van der Waals surface area contributed by atoms with Crippen molar-refractivity contribution in [1.29, 1.82) is 5.26 Å². The van der Waals surface area contributed by atoms with Crippen molar-refractivity contribution in [2.75, 3.05) is 11.9 Å². The molecular formula is C23H27N3O2. The molecule has 0 spiro atoms. The van der Waals surface area contributed by atoms with Gasteiger partial charge in [-0.2, -0.15) is 5.26 Å². The predicted octanol–water partition coefficient (Wildman–Crippen LogP) is 4.45. The molecule has 2 aromatic rings. The summed E-state index contributed by atoms with van der Waals surface area (Å²) in [6.07, 6.45) is 4.09. The number of ether oxygens (including phenoxy) is 1. The number of carbonyl (C=O) groups is 1. The van der Waals surface area contributed by atoms with Crippen molar-refractivity contribution in [1.82, 2.24) is 4.57 Å². The molecule has 1 atom stereocenters. The minimum Gasteiger partial charge on any atom is -0.376 e. The zero-order chi connectivity index (χ0) is 20.3. The molecule has 1 amide bonds. The van der Waals surface area contributed by atoms with Gasteiger partial charge in [0.25, 0.3) is 5.91 Å². The average molecular weight is 377 g/mol. The smallest absolute Gasteiger partial charge is 0.266 e. The normalized spacial score (nSPS) is 16.8. The Morgan fingerprint density at radius 2 is 2.14 bits per heavy atom. The number of nitrogens with one attached hydrogen (secondary N) is 1. The lowest BCUT2D eigenvalue weighted by Gasteiger charge is -2.14. The molecule has 1 N–H and O–H groups in total. The fourth-order valence-electron chi connectivity index (χ4n) is 3.63. The molecule has 0 radical (unpaired) electrons. The number of rotatable bonds is 5. The highest BCUT2D eigenvalue weighted by atomic mass is 16.5. The summed E-state index contributed by atoms with van der Waals surface area (Å²) < 4.78 is 7.96. The van der Waals surface area contributed by atoms with Crippen LogP contribution in [0.4, 0.5) is 5.69 Å². The van der Waals surface area contributed by atoms with E-state index in [4.69, 9.17) is 4.74 Å². The van der Waals surface area contributed by atoms with E-state index in [-0.39, 0.29) is 17.6 Å². The van der Waals surface area contributed by atoms with Crippen LogP contribution in [-0.4, -0.2) is 23.2 Å². The van der Waals surface area contributed by atoms with Crippen LogP contribution in [-0.2, 0) is 16.1 Å². The highest BCUT2D eigenvalue weighted by Crippen LogP contribution is 2.23. The van der Waals surface area contributed by atoms with E-state index in [9.17, 15) is 10.1 Å². The zero-order valence-electron chi connectivity index (χ0n) is 17.0. The van der Waals surface area contributed by atoms with Gasteiger partial charge in [0.2, 0.25) is 0 Å². The Balaban J connectivity index is 1.83. The van der Waals surface area contributed by atoms with Crippen LogP contribution in [0, 0.1) is 39.0 Å². The molecule has 0 aliphatic carbocycles. The summed E-state index contributed by atoms with van der Waals surface area (Å²) in [5.74, 6) is -0.389. The first-order valence-electron chi connectivity index (χ1n) is 9.68. The number of hydrogen-bond acceptors (Lipinski definition) is 3. The van der Waals surface area contributed by atoms with Crippen LogP contribution in [0.25, 0.3) is 6.08 Å². The van der Waals surface area contributed by atoms with Crippen molar-refractivity contribution in [3.8, 4) is 6.07 Å². The Labute approximate surface area is 166 Å². The molecule has 1 aromatic heterocycles. The summed E-state index contributed by atoms with van der Waals surface area (Å²) in [6, 6.07) is 9.81. The van der Waals surface area contributed by atoms with Crippen molar-refractivity contribution >= 4 is 17.7 Å². The Bertz CT molecular complexity index is 957. The maximum atomic E-state index is 12.7. The van der Waals surface area contributed by atoms with Crippen molar-refractivity contribution in [2.45, 2.75) is 53.2 Å². The molecule has 1 aliphatic heterocycles. The van der Waals surface area contributed by atoms with E-state index >= 15 is 0 Å². The minimum absolute atomic E-state index is 0.0956. The lowest BCUT2D eigenvalue weighted by atomic mass is 10.1. The Kier molecular flexibility index (Phi) is 6.01. The second kappa shape index (κ2) is 8.45. The van der Waals surface area contributed by atoms with Gasteiger partial charge in [-0.15, -0.1) is 0 Å². The second-order valence-electron chi connectivity index (χ2n) is 7.44. The van der Waals surface area contributed by atoms with Gasteiger partial charge in [0.1, 0.15) is 11.6 Å². The van der Waals surface area contributed by atoms with Crippen molar-refractivity contribution < 1.29 is 9.53 Å². The molecule has 3 rings (SSSR count). The summed E-state index contributed by atoms with van der Waals surface area (Å²) in [5, 5.41) is 12.4. The zero-order valence-corrected chi connectivity index (χ0v) is 17.0. The molecular weight excluding hydrogens is 350 g/mol. The number of anilines is 1. The summed E-state index contributed by atoms with van der Waals surface area (Å²) in [6.45, 7) is 9.65. The number of aryl methyl sites for hydroxylation is 2. The van der Waals surface area contributed by atoms with E-state index in [0.29, 0.717) is 0 Å². The molecule has 146 valence electrons. The maximum Gasteiger partial charge on any atom is 0.266 e. The van der Waals surface area contributed by atoms with Crippen LogP contribution in [0.2, 0.25) is 0 Å². The fraction of sp³-hybridized carbons (Fsp3) is 0.391. The third-order valence-corrected chi connectivity index (χ3v) is 5.54. The molecule has 1 fully saturated rings. The molecule has 28 heavy (non-hydrogen) atoms. The number of nitriles is 1. The van der Waals surface area contributed by atoms with Crippen LogP contribution in [0.15, 0.2) is 29.8 Å². The van der Waals surface area contributed by atoms with Crippen LogP contribution in [0.1, 0.15) is 40.9 Å². The monoisotopic (exact) mass is 377 g/mol. The quantitative estimate of drug-likeness (QED) is 0.618. The van der Waals surface area contributed by atoms with E-state index in [2.05, 4.69) is 9.88 Å². The average Bonchev–Trinajstić information content (AvgIpc) is 3.27. The first kappa shape index (κ1) is 19.9. The maximum absolute atomic E-state index is 12.7. The topological polar surface area (TPSA) is 67.0 Å². The third kappa shape index (κ3) is 4.18. The van der Waals surface area contributed by atoms with Crippen molar-refractivity contribution in [3.05, 3.63) is 57.9 Å². The molecule has 0 unspecified atom stereocenters. The Morgan fingerprint density at radius 1 is 1.36 bits per heavy atom. The molecule has 1 aliphatic rings. The Morgan fingerprint density at radius 3 is 2.82 bits per heavy atom. The summed E-state index contributed by atoms with van der Waals surface area (Å²) in [5.41, 5.74) is 5.96. The van der Waals surface area contributed by atoms with Gasteiger partial charge in [0.15, 0.2) is 0 Å². The number of nitrogens with zero attached hydrogens (tertiary/aromatic N) is 2. The van der Waals surface area contributed by atoms with Gasteiger partial charge in [-0.05, 0) is 75.4 Å². The Hall–Kier alpha value is -2.84. The van der Waals surface area contributed by atoms with Crippen LogP contribution >= 0.6 is 0 Å². The lowest BCUT2D eigenvalue weighted by molar-refractivity contribution is -0.112. The number of carbonyl (C=O) groups excluding carboxylic acids is 1. The fourth-order valence-corrected chi connectivity index (χ4v) is 3.63. The molecule has 0 saturated carbocycles. The number of benzene rings is 1. The third-order valence-electron chi connectivity index (χ3n) is 5.54. The summed E-state index contributed by atoms with van der Waals surface area (Å²) in [7, 11) is 0. The second-order valence-corrected chi connectivity index (χ2v) is 7.44. The highest BCUT2D eigenvalue weighted by molar-refractivity contribution is 6.10. The van der Waals surface area contributed by atoms with E-state index in [1.165, 1.54) is 0 Å². The van der Waals surface area contributed by atoms with E-state index in [1.54, 1.807) is 6.08 Å². The van der Waals surface area contributed by atoms with Gasteiger partial charge in [0, 0.05) is 30.2 Å². The molecule has 2 heterocycles. The van der Waals surface area contributed by atoms with Crippen LogP contribution < -0.4 is 5.32 Å². The van der Waals surface area contributed by atoms with Gasteiger partial charge in [0.05, 0.1) is 6.10 Å². The van der Waals surface area contributed by atoms with Crippen molar-refractivity contribution in [2.24, 2.45) is 0 Å². The minimum atomic E-state index is -0.389. The van der Waals surface area contributed by atoms with E-state index in [1.807, 2.05) is 58.0 Å². The van der Waals surface area contributed by atoms with E-state index in [0.717, 1.165) is 59.8 Å². The lowest BCUT2D eigenvalue weighted by Crippen LogP contribution is -2.17.